The fraction of sp³-hybridized carbons (Fsp3) is 0. The molecule has 48 heavy (non-hydrogen) atoms. The molecule has 3 heterocycles. The van der Waals surface area contributed by atoms with Crippen molar-refractivity contribution in [2.45, 2.75) is 0 Å². The van der Waals surface area contributed by atoms with Crippen molar-refractivity contribution < 1.29 is 8.83 Å². The molecule has 0 aliphatic rings. The average Bonchev–Trinajstić information content (AvgIpc) is 3.73. The highest BCUT2D eigenvalue weighted by atomic mass is 16.3. The topological polar surface area (TPSA) is 65.0 Å². The first-order chi connectivity index (χ1) is 23.8. The van der Waals surface area contributed by atoms with Gasteiger partial charge in [0.15, 0.2) is 17.5 Å². The number of rotatable bonds is 4. The molecule has 0 saturated carbocycles. The quantitative estimate of drug-likeness (QED) is 0.197. The summed E-state index contributed by atoms with van der Waals surface area (Å²) in [4.78, 5) is 15.2. The zero-order chi connectivity index (χ0) is 31.6. The molecule has 10 rings (SSSR count). The summed E-state index contributed by atoms with van der Waals surface area (Å²) in [6.45, 7) is 0. The molecule has 0 fully saturated rings. The van der Waals surface area contributed by atoms with Gasteiger partial charge in [0.05, 0.1) is 0 Å². The van der Waals surface area contributed by atoms with Gasteiger partial charge in [-0.2, -0.15) is 0 Å². The third-order valence-corrected chi connectivity index (χ3v) is 9.15. The molecule has 0 atom stereocenters. The highest BCUT2D eigenvalue weighted by Crippen LogP contribution is 2.39. The number of fused-ring (bicyclic) bond motifs is 8. The van der Waals surface area contributed by atoms with Crippen LogP contribution in [-0.2, 0) is 0 Å². The van der Waals surface area contributed by atoms with E-state index in [9.17, 15) is 0 Å². The Balaban J connectivity index is 1.18. The van der Waals surface area contributed by atoms with E-state index < -0.39 is 0 Å². The molecule has 5 nitrogen and oxygen atoms in total. The molecule has 224 valence electrons. The van der Waals surface area contributed by atoms with Gasteiger partial charge in [0.25, 0.3) is 0 Å². The lowest BCUT2D eigenvalue weighted by atomic mass is 10.0. The number of hydrogen-bond donors (Lipinski definition) is 0. The van der Waals surface area contributed by atoms with E-state index in [1.807, 2.05) is 48.5 Å². The Morgan fingerprint density at radius 1 is 0.333 bits per heavy atom. The summed E-state index contributed by atoms with van der Waals surface area (Å²) in [6.07, 6.45) is 0. The van der Waals surface area contributed by atoms with Crippen molar-refractivity contribution in [2.24, 2.45) is 0 Å². The van der Waals surface area contributed by atoms with Gasteiger partial charge in [0, 0.05) is 38.2 Å². The zero-order valence-corrected chi connectivity index (χ0v) is 25.6. The van der Waals surface area contributed by atoms with Gasteiger partial charge in [0.1, 0.15) is 22.3 Å². The minimum Gasteiger partial charge on any atom is -0.456 e. The fourth-order valence-electron chi connectivity index (χ4n) is 6.84. The summed E-state index contributed by atoms with van der Waals surface area (Å²) in [5.41, 5.74) is 8.19. The van der Waals surface area contributed by atoms with Gasteiger partial charge in [-0.25, -0.2) is 15.0 Å². The van der Waals surface area contributed by atoms with Gasteiger partial charge < -0.3 is 8.83 Å². The molecule has 3 aromatic heterocycles. The lowest BCUT2D eigenvalue weighted by molar-refractivity contribution is 0.669. The van der Waals surface area contributed by atoms with Crippen molar-refractivity contribution >= 4 is 54.6 Å². The Morgan fingerprint density at radius 2 is 0.938 bits per heavy atom. The highest BCUT2D eigenvalue weighted by molar-refractivity contribution is 6.19. The van der Waals surface area contributed by atoms with Crippen LogP contribution in [0.4, 0.5) is 0 Å². The van der Waals surface area contributed by atoms with E-state index in [-0.39, 0.29) is 0 Å². The van der Waals surface area contributed by atoms with Crippen LogP contribution in [0.25, 0.3) is 99.9 Å². The Bertz CT molecular complexity index is 2830. The van der Waals surface area contributed by atoms with E-state index in [1.54, 1.807) is 0 Å². The lowest BCUT2D eigenvalue weighted by Gasteiger charge is -2.10. The van der Waals surface area contributed by atoms with Gasteiger partial charge in [-0.15, -0.1) is 0 Å². The van der Waals surface area contributed by atoms with Crippen LogP contribution in [0.5, 0.6) is 0 Å². The molecule has 0 N–H and O–H groups in total. The predicted molar refractivity (Wildman–Crippen MR) is 194 cm³/mol. The van der Waals surface area contributed by atoms with E-state index >= 15 is 0 Å². The van der Waals surface area contributed by atoms with Gasteiger partial charge in [-0.3, -0.25) is 0 Å². The number of hydrogen-bond acceptors (Lipinski definition) is 5. The maximum atomic E-state index is 6.42. The molecule has 0 bridgehead atoms. The van der Waals surface area contributed by atoms with Crippen LogP contribution in [0.2, 0.25) is 0 Å². The molecule has 7 aromatic carbocycles. The highest BCUT2D eigenvalue weighted by Gasteiger charge is 2.19. The molecule has 0 aliphatic heterocycles. The van der Waals surface area contributed by atoms with Gasteiger partial charge in [0.2, 0.25) is 0 Å². The zero-order valence-electron chi connectivity index (χ0n) is 25.6. The second kappa shape index (κ2) is 10.5. The van der Waals surface area contributed by atoms with E-state index in [4.69, 9.17) is 23.8 Å². The SMILES string of the molecule is c1ccc(-c2ccc(-c3nc(-c4ccc5c(c4)oc4ccc6ccccc6c45)nc(-c4cccc5oc6ccccc6c45)n3)cc2)cc1. The van der Waals surface area contributed by atoms with Gasteiger partial charge in [-0.1, -0.05) is 121 Å². The molecule has 0 radical (unpaired) electrons. The summed E-state index contributed by atoms with van der Waals surface area (Å²) in [6, 6.07) is 51.6. The summed E-state index contributed by atoms with van der Waals surface area (Å²) in [5, 5.41) is 6.54. The molecule has 0 saturated heterocycles. The number of aromatic nitrogens is 3. The molecule has 0 unspecified atom stereocenters. The summed E-state index contributed by atoms with van der Waals surface area (Å²) >= 11 is 0. The molecule has 0 aliphatic carbocycles. The minimum absolute atomic E-state index is 0.569. The number of nitrogens with zero attached hydrogens (tertiary/aromatic N) is 3. The van der Waals surface area contributed by atoms with Crippen LogP contribution < -0.4 is 0 Å². The molecule has 5 heteroatoms. The van der Waals surface area contributed by atoms with Crippen molar-refractivity contribution in [3.63, 3.8) is 0 Å². The molecular formula is C43H25N3O2. The molecular weight excluding hydrogens is 590 g/mol. The van der Waals surface area contributed by atoms with Crippen molar-refractivity contribution in [3.8, 4) is 45.3 Å². The summed E-state index contributed by atoms with van der Waals surface area (Å²) in [7, 11) is 0. The second-order valence-corrected chi connectivity index (χ2v) is 12.0. The van der Waals surface area contributed by atoms with E-state index in [2.05, 4.69) is 103 Å². The van der Waals surface area contributed by atoms with Crippen molar-refractivity contribution in [1.82, 2.24) is 15.0 Å². The minimum atomic E-state index is 0.569. The lowest BCUT2D eigenvalue weighted by Crippen LogP contribution is -2.00. The van der Waals surface area contributed by atoms with E-state index in [0.29, 0.717) is 17.5 Å². The fourth-order valence-corrected chi connectivity index (χ4v) is 6.84. The first-order valence-corrected chi connectivity index (χ1v) is 15.9. The molecule has 0 spiro atoms. The van der Waals surface area contributed by atoms with E-state index in [0.717, 1.165) is 71.7 Å². The molecule has 10 aromatic rings. The Morgan fingerprint density at radius 3 is 1.81 bits per heavy atom. The average molecular weight is 616 g/mol. The normalized spacial score (nSPS) is 11.8. The van der Waals surface area contributed by atoms with Gasteiger partial charge >= 0.3 is 0 Å². The van der Waals surface area contributed by atoms with E-state index in [1.165, 1.54) is 10.8 Å². The predicted octanol–water partition coefficient (Wildman–Crippen LogP) is 11.5. The van der Waals surface area contributed by atoms with Crippen LogP contribution >= 0.6 is 0 Å². The van der Waals surface area contributed by atoms with Crippen molar-refractivity contribution in [2.75, 3.05) is 0 Å². The van der Waals surface area contributed by atoms with Crippen LogP contribution in [0.3, 0.4) is 0 Å². The maximum Gasteiger partial charge on any atom is 0.164 e. The molecule has 0 amide bonds. The first kappa shape index (κ1) is 26.6. The van der Waals surface area contributed by atoms with Crippen LogP contribution in [0.15, 0.2) is 160 Å². The second-order valence-electron chi connectivity index (χ2n) is 12.0. The Labute approximate surface area is 274 Å². The largest absolute Gasteiger partial charge is 0.456 e. The van der Waals surface area contributed by atoms with Crippen molar-refractivity contribution in [3.05, 3.63) is 152 Å². The smallest absolute Gasteiger partial charge is 0.164 e. The third kappa shape index (κ3) is 4.22. The van der Waals surface area contributed by atoms with Crippen LogP contribution in [0, 0.1) is 0 Å². The summed E-state index contributed by atoms with van der Waals surface area (Å²) in [5.74, 6) is 1.74. The Hall–Kier alpha value is -6.59. The van der Waals surface area contributed by atoms with Crippen LogP contribution in [-0.4, -0.2) is 15.0 Å². The maximum absolute atomic E-state index is 6.42. The number of para-hydroxylation sites is 1. The summed E-state index contributed by atoms with van der Waals surface area (Å²) < 4.78 is 12.6. The van der Waals surface area contributed by atoms with Crippen molar-refractivity contribution in [1.29, 1.82) is 0 Å². The van der Waals surface area contributed by atoms with Gasteiger partial charge in [-0.05, 0) is 52.2 Å². The van der Waals surface area contributed by atoms with Crippen LogP contribution in [0.1, 0.15) is 0 Å². The standard InChI is InChI=1S/C43H25N3O2/c1-2-9-26(10-3-1)27-17-19-29(20-18-27)41-44-42(46-43(45-41)34-14-8-16-36-40(34)32-13-6-7-15-35(32)47-36)30-21-23-33-38(25-30)48-37-24-22-28-11-4-5-12-31(28)39(33)37/h1-25H. The monoisotopic (exact) mass is 615 g/mol. The first-order valence-electron chi connectivity index (χ1n) is 15.9. The Kier molecular flexibility index (Phi) is 5.81. The number of benzene rings is 7. The third-order valence-electron chi connectivity index (χ3n) is 9.15. The number of furan rings is 2.